The van der Waals surface area contributed by atoms with Gasteiger partial charge in [-0.05, 0) is 31.9 Å². The van der Waals surface area contributed by atoms with Crippen molar-refractivity contribution in [3.8, 4) is 0 Å². The highest BCUT2D eigenvalue weighted by atomic mass is 32.2. The van der Waals surface area contributed by atoms with Gasteiger partial charge < -0.3 is 9.47 Å². The Morgan fingerprint density at radius 3 is 2.42 bits per heavy atom. The first kappa shape index (κ1) is 27.0. The minimum atomic E-state index is -1.39. The maximum Gasteiger partial charge on any atom is 0.336 e. The molecule has 0 N–H and O–H groups in total. The van der Waals surface area contributed by atoms with E-state index in [9.17, 15) is 25.0 Å². The lowest BCUT2D eigenvalue weighted by atomic mass is 9.80. The average molecular weight is 514 g/mol. The molecule has 11 heteroatoms. The predicted octanol–water partition coefficient (Wildman–Crippen LogP) is 4.87. The van der Waals surface area contributed by atoms with Crippen molar-refractivity contribution in [2.75, 3.05) is 19.5 Å². The van der Waals surface area contributed by atoms with Gasteiger partial charge in [-0.25, -0.2) is 4.79 Å². The lowest BCUT2D eigenvalue weighted by Gasteiger charge is -2.31. The van der Waals surface area contributed by atoms with Gasteiger partial charge in [0.2, 0.25) is 0 Å². The van der Waals surface area contributed by atoms with Crippen molar-refractivity contribution in [1.82, 2.24) is 0 Å². The number of benzene rings is 2. The van der Waals surface area contributed by atoms with Crippen LogP contribution in [-0.2, 0) is 19.2 Å². The summed E-state index contributed by atoms with van der Waals surface area (Å²) >= 11 is 1.37. The minimum Gasteiger partial charge on any atom is -0.463 e. The molecule has 3 atom stereocenters. The second kappa shape index (κ2) is 11.4. The second-order valence-corrected chi connectivity index (χ2v) is 9.55. The zero-order chi connectivity index (χ0) is 26.5. The molecule has 1 aliphatic heterocycles. The number of hydrogen-bond acceptors (Lipinski definition) is 9. The summed E-state index contributed by atoms with van der Waals surface area (Å²) in [6.07, 6.45) is 0. The topological polar surface area (TPSA) is 134 Å². The van der Waals surface area contributed by atoms with Crippen LogP contribution >= 0.6 is 11.8 Å². The van der Waals surface area contributed by atoms with Crippen LogP contribution in [-0.4, -0.2) is 47.0 Å². The Morgan fingerprint density at radius 2 is 1.83 bits per heavy atom. The van der Waals surface area contributed by atoms with Crippen LogP contribution in [0.1, 0.15) is 37.8 Å². The molecule has 0 bridgehead atoms. The summed E-state index contributed by atoms with van der Waals surface area (Å²) in [7, 11) is 1.57. The van der Waals surface area contributed by atoms with Gasteiger partial charge >= 0.3 is 5.97 Å². The van der Waals surface area contributed by atoms with Crippen LogP contribution in [0.15, 0.2) is 70.9 Å². The minimum absolute atomic E-state index is 0.0173. The van der Waals surface area contributed by atoms with E-state index in [-0.39, 0.29) is 34.9 Å². The SMILES string of the molecule is CCOC(=O)C1=C(CSC(C)(OC)c2ccccc2)N=C(C)C([N+](=O)[O-])C1c1cccc([N+](=O)[O-])c1. The summed E-state index contributed by atoms with van der Waals surface area (Å²) in [5.74, 6) is -1.68. The van der Waals surface area contributed by atoms with Gasteiger partial charge in [-0.15, -0.1) is 11.8 Å². The lowest BCUT2D eigenvalue weighted by Crippen LogP contribution is -2.40. The third-order valence-electron chi connectivity index (χ3n) is 6.01. The standard InChI is InChI=1S/C25H27N3O7S/c1-5-35-24(29)22-20(15-36-25(3,34-4)18-11-7-6-8-12-18)26-16(2)23(28(32)33)21(22)17-10-9-13-19(14-17)27(30)31/h6-14,21,23H,5,15H2,1-4H3. The van der Waals surface area contributed by atoms with E-state index in [0.29, 0.717) is 5.70 Å². The van der Waals surface area contributed by atoms with Crippen LogP contribution in [0.5, 0.6) is 0 Å². The lowest BCUT2D eigenvalue weighted by molar-refractivity contribution is -0.505. The fourth-order valence-corrected chi connectivity index (χ4v) is 5.20. The van der Waals surface area contributed by atoms with Crippen molar-refractivity contribution in [3.05, 3.63) is 97.2 Å². The van der Waals surface area contributed by atoms with E-state index in [1.54, 1.807) is 20.1 Å². The van der Waals surface area contributed by atoms with E-state index in [0.717, 1.165) is 5.56 Å². The number of rotatable bonds is 10. The third kappa shape index (κ3) is 5.63. The van der Waals surface area contributed by atoms with E-state index in [2.05, 4.69) is 4.99 Å². The van der Waals surface area contributed by atoms with Gasteiger partial charge in [0.25, 0.3) is 11.7 Å². The molecular formula is C25H27N3O7S. The molecule has 0 amide bonds. The summed E-state index contributed by atoms with van der Waals surface area (Å²) in [4.78, 5) is 39.3. The maximum absolute atomic E-state index is 13.2. The highest BCUT2D eigenvalue weighted by Crippen LogP contribution is 2.43. The van der Waals surface area contributed by atoms with E-state index >= 15 is 0 Å². The smallest absolute Gasteiger partial charge is 0.336 e. The Morgan fingerprint density at radius 1 is 1.14 bits per heavy atom. The van der Waals surface area contributed by atoms with Crippen LogP contribution in [0.25, 0.3) is 0 Å². The van der Waals surface area contributed by atoms with Crippen LogP contribution in [0, 0.1) is 20.2 Å². The Bertz CT molecular complexity index is 1220. The van der Waals surface area contributed by atoms with E-state index < -0.39 is 32.7 Å². The second-order valence-electron chi connectivity index (χ2n) is 8.20. The number of ether oxygens (including phenoxy) is 2. The number of nitro benzene ring substituents is 1. The van der Waals surface area contributed by atoms with Crippen LogP contribution in [0.2, 0.25) is 0 Å². The molecule has 1 heterocycles. The number of thioether (sulfide) groups is 1. The Balaban J connectivity index is 2.15. The van der Waals surface area contributed by atoms with Crippen LogP contribution < -0.4 is 0 Å². The summed E-state index contributed by atoms with van der Waals surface area (Å²) in [5, 5.41) is 23.5. The number of hydrogen-bond donors (Lipinski definition) is 0. The number of non-ortho nitro benzene ring substituents is 1. The van der Waals surface area contributed by atoms with Crippen LogP contribution in [0.4, 0.5) is 5.69 Å². The zero-order valence-electron chi connectivity index (χ0n) is 20.4. The van der Waals surface area contributed by atoms with Crippen LogP contribution in [0.3, 0.4) is 0 Å². The molecule has 0 saturated carbocycles. The first-order valence-corrected chi connectivity index (χ1v) is 12.2. The highest BCUT2D eigenvalue weighted by molar-refractivity contribution is 8.00. The van der Waals surface area contributed by atoms with Crippen molar-refractivity contribution in [1.29, 1.82) is 0 Å². The average Bonchev–Trinajstić information content (AvgIpc) is 2.87. The number of carbonyl (C=O) groups excluding carboxylic acids is 1. The molecule has 0 aromatic heterocycles. The molecule has 0 spiro atoms. The molecular weight excluding hydrogens is 486 g/mol. The summed E-state index contributed by atoms with van der Waals surface area (Å²) in [6, 6.07) is 13.7. The molecule has 10 nitrogen and oxygen atoms in total. The Kier molecular flexibility index (Phi) is 8.59. The summed E-state index contributed by atoms with van der Waals surface area (Å²) in [5.41, 5.74) is 1.45. The first-order valence-electron chi connectivity index (χ1n) is 11.2. The van der Waals surface area contributed by atoms with Crippen molar-refractivity contribution >= 4 is 29.1 Å². The molecule has 1 aliphatic rings. The van der Waals surface area contributed by atoms with Gasteiger partial charge in [0.05, 0.1) is 34.4 Å². The molecule has 3 unspecified atom stereocenters. The van der Waals surface area contributed by atoms with Crippen molar-refractivity contribution in [2.24, 2.45) is 4.99 Å². The highest BCUT2D eigenvalue weighted by Gasteiger charge is 2.46. The van der Waals surface area contributed by atoms with Gasteiger partial charge in [0.1, 0.15) is 4.93 Å². The molecule has 190 valence electrons. The number of methoxy groups -OCH3 is 1. The molecule has 0 aliphatic carbocycles. The Labute approximate surface area is 212 Å². The summed E-state index contributed by atoms with van der Waals surface area (Å²) in [6.45, 7) is 5.09. The van der Waals surface area contributed by atoms with E-state index in [1.807, 2.05) is 37.3 Å². The molecule has 0 fully saturated rings. The number of nitro groups is 2. The first-order chi connectivity index (χ1) is 17.1. The maximum atomic E-state index is 13.2. The normalized spacial score (nSPS) is 19.3. The van der Waals surface area contributed by atoms with Gasteiger partial charge in [-0.3, -0.25) is 25.2 Å². The molecule has 3 rings (SSSR count). The van der Waals surface area contributed by atoms with Crippen molar-refractivity contribution in [2.45, 2.75) is 37.7 Å². The van der Waals surface area contributed by atoms with Crippen molar-refractivity contribution < 1.29 is 24.1 Å². The van der Waals surface area contributed by atoms with Gasteiger partial charge in [0, 0.05) is 29.9 Å². The van der Waals surface area contributed by atoms with Gasteiger partial charge in [-0.1, -0.05) is 42.5 Å². The van der Waals surface area contributed by atoms with E-state index in [1.165, 1.54) is 36.9 Å². The fraction of sp³-hybridized carbons (Fsp3) is 0.360. The quantitative estimate of drug-likeness (QED) is 0.190. The molecule has 36 heavy (non-hydrogen) atoms. The number of nitrogens with zero attached hydrogens (tertiary/aromatic N) is 3. The summed E-state index contributed by atoms with van der Waals surface area (Å²) < 4.78 is 11.1. The third-order valence-corrected chi connectivity index (χ3v) is 7.38. The van der Waals surface area contributed by atoms with Gasteiger partial charge in [0.15, 0.2) is 0 Å². The number of esters is 1. The Hall–Kier alpha value is -3.57. The zero-order valence-corrected chi connectivity index (χ0v) is 21.2. The monoisotopic (exact) mass is 513 g/mol. The predicted molar refractivity (Wildman–Crippen MR) is 137 cm³/mol. The fourth-order valence-electron chi connectivity index (χ4n) is 4.14. The molecule has 0 radical (unpaired) electrons. The molecule has 2 aromatic rings. The number of carbonyl (C=O) groups is 1. The van der Waals surface area contributed by atoms with Gasteiger partial charge in [-0.2, -0.15) is 0 Å². The molecule has 0 saturated heterocycles. The number of aliphatic imine (C=N–C) groups is 1. The molecule has 2 aromatic carbocycles. The van der Waals surface area contributed by atoms with E-state index in [4.69, 9.17) is 9.47 Å². The largest absolute Gasteiger partial charge is 0.463 e. The van der Waals surface area contributed by atoms with Crippen molar-refractivity contribution in [3.63, 3.8) is 0 Å².